The average Bonchev–Trinajstić information content (AvgIpc) is 2.25. The van der Waals surface area contributed by atoms with Crippen molar-refractivity contribution >= 4 is 23.1 Å². The van der Waals surface area contributed by atoms with Crippen LogP contribution >= 0.6 is 11.6 Å². The molecule has 0 aliphatic heterocycles. The molecule has 0 amide bonds. The predicted molar refractivity (Wildman–Crippen MR) is 60.3 cm³/mol. The lowest BCUT2D eigenvalue weighted by Crippen LogP contribution is -2.02. The second-order valence-corrected chi connectivity index (χ2v) is 3.33. The van der Waals surface area contributed by atoms with E-state index < -0.39 is 0 Å². The van der Waals surface area contributed by atoms with Crippen molar-refractivity contribution in [3.63, 3.8) is 0 Å². The Bertz CT molecular complexity index is 325. The van der Waals surface area contributed by atoms with Crippen molar-refractivity contribution in [3.8, 4) is 0 Å². The maximum Gasteiger partial charge on any atom is 0.168 e. The summed E-state index contributed by atoms with van der Waals surface area (Å²) in [6.45, 7) is 2.57. The van der Waals surface area contributed by atoms with E-state index in [1.165, 1.54) is 0 Å². The zero-order valence-electron chi connectivity index (χ0n) is 8.70. The smallest absolute Gasteiger partial charge is 0.168 e. The lowest BCUT2D eigenvalue weighted by Gasteiger charge is -2.01. The summed E-state index contributed by atoms with van der Waals surface area (Å²) in [5, 5.41) is 11.9. The van der Waals surface area contributed by atoms with Crippen LogP contribution in [0.15, 0.2) is 17.2 Å². The summed E-state index contributed by atoms with van der Waals surface area (Å²) in [5.41, 5.74) is 3.72. The number of methoxy groups -OCH3 is 1. The minimum Gasteiger partial charge on any atom is -0.384 e. The number of aromatic nitrogens is 2. The lowest BCUT2D eigenvalue weighted by atomic mass is 10.3. The van der Waals surface area contributed by atoms with Gasteiger partial charge in [-0.05, 0) is 19.1 Å². The predicted octanol–water partition coefficient (Wildman–Crippen LogP) is 1.95. The van der Waals surface area contributed by atoms with Gasteiger partial charge in [0.15, 0.2) is 11.0 Å². The first-order chi connectivity index (χ1) is 7.22. The van der Waals surface area contributed by atoms with Crippen LogP contribution in [0.2, 0.25) is 5.15 Å². The molecule has 1 rings (SSSR count). The summed E-state index contributed by atoms with van der Waals surface area (Å²) in [4.78, 5) is 0. The van der Waals surface area contributed by atoms with Crippen molar-refractivity contribution in [2.45, 2.75) is 13.3 Å². The zero-order chi connectivity index (χ0) is 11.1. The molecule has 1 aromatic heterocycles. The van der Waals surface area contributed by atoms with Gasteiger partial charge >= 0.3 is 0 Å². The van der Waals surface area contributed by atoms with E-state index in [1.54, 1.807) is 19.2 Å². The SMILES string of the molecule is COCC/C(C)=N/Nc1ccc(Cl)nn1. The molecule has 0 aliphatic carbocycles. The van der Waals surface area contributed by atoms with Crippen molar-refractivity contribution in [1.29, 1.82) is 0 Å². The number of ether oxygens (including phenoxy) is 1. The molecule has 1 heterocycles. The minimum atomic E-state index is 0.362. The molecule has 6 heteroatoms. The molecule has 0 saturated heterocycles. The third-order valence-electron chi connectivity index (χ3n) is 1.66. The number of hydrogen-bond donors (Lipinski definition) is 1. The molecule has 0 bridgehead atoms. The Balaban J connectivity index is 2.45. The van der Waals surface area contributed by atoms with Crippen LogP contribution in [0.5, 0.6) is 0 Å². The van der Waals surface area contributed by atoms with E-state index in [0.29, 0.717) is 17.6 Å². The zero-order valence-corrected chi connectivity index (χ0v) is 9.45. The Morgan fingerprint density at radius 1 is 1.53 bits per heavy atom. The van der Waals surface area contributed by atoms with Gasteiger partial charge in [-0.25, -0.2) is 0 Å². The molecule has 0 aromatic carbocycles. The highest BCUT2D eigenvalue weighted by Crippen LogP contribution is 2.05. The first-order valence-corrected chi connectivity index (χ1v) is 4.87. The second-order valence-electron chi connectivity index (χ2n) is 2.94. The molecule has 0 unspecified atom stereocenters. The molecule has 1 aromatic rings. The molecular weight excluding hydrogens is 216 g/mol. The van der Waals surface area contributed by atoms with Crippen LogP contribution in [0, 0.1) is 0 Å². The molecule has 0 saturated carbocycles. The van der Waals surface area contributed by atoms with Crippen LogP contribution in [0.4, 0.5) is 5.82 Å². The standard InChI is InChI=1S/C9H13ClN4O/c1-7(5-6-15-2)11-13-9-4-3-8(10)12-14-9/h3-4H,5-6H2,1-2H3,(H,13,14)/b11-7+. The number of nitrogens with zero attached hydrogens (tertiary/aromatic N) is 3. The van der Waals surface area contributed by atoms with E-state index in [2.05, 4.69) is 20.7 Å². The van der Waals surface area contributed by atoms with Crippen LogP contribution in [-0.2, 0) is 4.74 Å². The molecule has 1 N–H and O–H groups in total. The molecule has 0 atom stereocenters. The molecule has 0 fully saturated rings. The monoisotopic (exact) mass is 228 g/mol. The summed E-state index contributed by atoms with van der Waals surface area (Å²) in [6.07, 6.45) is 0.782. The Kier molecular flexibility index (Phi) is 5.00. The second kappa shape index (κ2) is 6.31. The van der Waals surface area contributed by atoms with Gasteiger partial charge in [0.1, 0.15) is 0 Å². The lowest BCUT2D eigenvalue weighted by molar-refractivity contribution is 0.207. The van der Waals surface area contributed by atoms with Gasteiger partial charge in [-0.3, -0.25) is 5.43 Å². The van der Waals surface area contributed by atoms with Gasteiger partial charge in [0.2, 0.25) is 0 Å². The normalized spacial score (nSPS) is 11.5. The van der Waals surface area contributed by atoms with E-state index in [4.69, 9.17) is 16.3 Å². The topological polar surface area (TPSA) is 59.4 Å². The highest BCUT2D eigenvalue weighted by molar-refractivity contribution is 6.29. The average molecular weight is 229 g/mol. The van der Waals surface area contributed by atoms with Crippen LogP contribution in [-0.4, -0.2) is 29.6 Å². The summed E-state index contributed by atoms with van der Waals surface area (Å²) in [7, 11) is 1.66. The van der Waals surface area contributed by atoms with E-state index >= 15 is 0 Å². The summed E-state index contributed by atoms with van der Waals surface area (Å²) in [5.74, 6) is 0.566. The Labute approximate surface area is 93.5 Å². The fourth-order valence-electron chi connectivity index (χ4n) is 0.834. The molecular formula is C9H13ClN4O. The van der Waals surface area contributed by atoms with Crippen LogP contribution in [0.1, 0.15) is 13.3 Å². The third-order valence-corrected chi connectivity index (χ3v) is 1.86. The molecule has 0 spiro atoms. The number of halogens is 1. The minimum absolute atomic E-state index is 0.362. The Morgan fingerprint density at radius 2 is 2.33 bits per heavy atom. The fraction of sp³-hybridized carbons (Fsp3) is 0.444. The number of hydrogen-bond acceptors (Lipinski definition) is 5. The van der Waals surface area contributed by atoms with Crippen molar-refractivity contribution in [2.75, 3.05) is 19.1 Å². The number of nitrogens with one attached hydrogen (secondary N) is 1. The summed E-state index contributed by atoms with van der Waals surface area (Å²) >= 11 is 5.59. The van der Waals surface area contributed by atoms with Crippen molar-refractivity contribution in [1.82, 2.24) is 10.2 Å². The van der Waals surface area contributed by atoms with Crippen molar-refractivity contribution in [3.05, 3.63) is 17.3 Å². The number of hydrazone groups is 1. The molecule has 82 valence electrons. The summed E-state index contributed by atoms with van der Waals surface area (Å²) in [6, 6.07) is 3.36. The highest BCUT2D eigenvalue weighted by atomic mass is 35.5. The van der Waals surface area contributed by atoms with E-state index in [1.807, 2.05) is 6.92 Å². The van der Waals surface area contributed by atoms with E-state index in [0.717, 1.165) is 12.1 Å². The quantitative estimate of drug-likeness (QED) is 0.618. The van der Waals surface area contributed by atoms with Gasteiger partial charge in [0.25, 0.3) is 0 Å². The van der Waals surface area contributed by atoms with E-state index in [-0.39, 0.29) is 0 Å². The van der Waals surface area contributed by atoms with Crippen molar-refractivity contribution in [2.24, 2.45) is 5.10 Å². The number of anilines is 1. The van der Waals surface area contributed by atoms with E-state index in [9.17, 15) is 0 Å². The van der Waals surface area contributed by atoms with Crippen molar-refractivity contribution < 1.29 is 4.74 Å². The Morgan fingerprint density at radius 3 is 2.93 bits per heavy atom. The van der Waals surface area contributed by atoms with Gasteiger partial charge in [0, 0.05) is 19.2 Å². The Hall–Kier alpha value is -1.20. The number of rotatable bonds is 5. The van der Waals surface area contributed by atoms with Gasteiger partial charge < -0.3 is 4.74 Å². The van der Waals surface area contributed by atoms with Crippen LogP contribution in [0.3, 0.4) is 0 Å². The summed E-state index contributed by atoms with van der Waals surface area (Å²) < 4.78 is 4.93. The maximum absolute atomic E-state index is 5.59. The van der Waals surface area contributed by atoms with Gasteiger partial charge in [-0.2, -0.15) is 5.10 Å². The van der Waals surface area contributed by atoms with Gasteiger partial charge in [-0.1, -0.05) is 11.6 Å². The molecule has 5 nitrogen and oxygen atoms in total. The highest BCUT2D eigenvalue weighted by Gasteiger charge is 1.94. The molecule has 0 aliphatic rings. The largest absolute Gasteiger partial charge is 0.384 e. The first-order valence-electron chi connectivity index (χ1n) is 4.49. The molecule has 15 heavy (non-hydrogen) atoms. The fourth-order valence-corrected chi connectivity index (χ4v) is 0.935. The van der Waals surface area contributed by atoms with Gasteiger partial charge in [-0.15, -0.1) is 10.2 Å². The molecule has 0 radical (unpaired) electrons. The van der Waals surface area contributed by atoms with Gasteiger partial charge in [0.05, 0.1) is 6.61 Å². The first kappa shape index (κ1) is 11.9. The maximum atomic E-state index is 5.59. The third kappa shape index (κ3) is 4.71. The van der Waals surface area contributed by atoms with Crippen LogP contribution in [0.25, 0.3) is 0 Å². The van der Waals surface area contributed by atoms with Crippen LogP contribution < -0.4 is 5.43 Å².